The van der Waals surface area contributed by atoms with Crippen LogP contribution in [0.5, 0.6) is 0 Å². The molecule has 0 heterocycles. The topological polar surface area (TPSA) is 44.0 Å². The van der Waals surface area contributed by atoms with Gasteiger partial charge in [0.15, 0.2) is 0 Å². The fourth-order valence-electron chi connectivity index (χ4n) is 3.06. The molecule has 1 aliphatic rings. The lowest BCUT2D eigenvalue weighted by atomic mass is 9.75. The molecule has 0 fully saturated rings. The van der Waals surface area contributed by atoms with Gasteiger partial charge in [0.1, 0.15) is 11.5 Å². The first-order valence-corrected chi connectivity index (χ1v) is 7.40. The van der Waals surface area contributed by atoms with Crippen LogP contribution < -0.4 is 0 Å². The number of hydrogen-bond donors (Lipinski definition) is 1. The highest BCUT2D eigenvalue weighted by molar-refractivity contribution is 9.10. The molecule has 0 bridgehead atoms. The minimum Gasteiger partial charge on any atom is -0.386 e. The van der Waals surface area contributed by atoms with Crippen molar-refractivity contribution in [3.05, 3.63) is 69.7 Å². The minimum atomic E-state index is -0.836. The van der Waals surface area contributed by atoms with Crippen molar-refractivity contribution in [3.8, 4) is 6.07 Å². The van der Waals surface area contributed by atoms with Crippen molar-refractivity contribution in [1.82, 2.24) is 0 Å². The second kappa shape index (κ2) is 5.05. The Hall–Kier alpha value is -1.63. The van der Waals surface area contributed by atoms with Gasteiger partial charge in [0.25, 0.3) is 0 Å². The molecule has 2 aromatic carbocycles. The van der Waals surface area contributed by atoms with E-state index in [1.165, 1.54) is 5.56 Å². The maximum atomic E-state index is 10.8. The van der Waals surface area contributed by atoms with E-state index in [0.29, 0.717) is 6.42 Å². The van der Waals surface area contributed by atoms with Gasteiger partial charge in [-0.05, 0) is 41.7 Å². The van der Waals surface area contributed by atoms with Crippen LogP contribution in [0.1, 0.15) is 29.2 Å². The van der Waals surface area contributed by atoms with Crippen molar-refractivity contribution < 1.29 is 5.11 Å². The van der Waals surface area contributed by atoms with Gasteiger partial charge in [-0.15, -0.1) is 0 Å². The van der Waals surface area contributed by atoms with Crippen LogP contribution in [0.4, 0.5) is 0 Å². The van der Waals surface area contributed by atoms with Gasteiger partial charge in [-0.25, -0.2) is 0 Å². The Labute approximate surface area is 126 Å². The zero-order valence-electron chi connectivity index (χ0n) is 10.9. The van der Waals surface area contributed by atoms with E-state index in [2.05, 4.69) is 22.0 Å². The third-order valence-corrected chi connectivity index (χ3v) is 4.61. The maximum absolute atomic E-state index is 10.8. The number of fused-ring (bicyclic) bond motifs is 1. The number of hydrogen-bond acceptors (Lipinski definition) is 2. The fourth-order valence-corrected chi connectivity index (χ4v) is 3.48. The lowest BCUT2D eigenvalue weighted by Crippen LogP contribution is -2.29. The summed E-state index contributed by atoms with van der Waals surface area (Å²) < 4.78 is 0.911. The smallest absolute Gasteiger partial charge is 0.113 e. The fraction of sp³-hybridized carbons (Fsp3) is 0.235. The van der Waals surface area contributed by atoms with Crippen LogP contribution in [0.3, 0.4) is 0 Å². The van der Waals surface area contributed by atoms with Crippen molar-refractivity contribution in [2.45, 2.75) is 24.4 Å². The number of aliphatic hydroxyl groups excluding tert-OH is 1. The van der Waals surface area contributed by atoms with E-state index >= 15 is 0 Å². The van der Waals surface area contributed by atoms with Gasteiger partial charge in [-0.3, -0.25) is 0 Å². The molecule has 0 radical (unpaired) electrons. The Morgan fingerprint density at radius 1 is 1.20 bits per heavy atom. The van der Waals surface area contributed by atoms with Crippen LogP contribution in [0.2, 0.25) is 0 Å². The molecular formula is C17H14BrNO. The summed E-state index contributed by atoms with van der Waals surface area (Å²) in [7, 11) is 0. The van der Waals surface area contributed by atoms with E-state index in [4.69, 9.17) is 0 Å². The predicted octanol–water partition coefficient (Wildman–Crippen LogP) is 3.89. The minimum absolute atomic E-state index is 0.663. The first kappa shape index (κ1) is 13.4. The van der Waals surface area contributed by atoms with Crippen molar-refractivity contribution in [1.29, 1.82) is 5.26 Å². The summed E-state index contributed by atoms with van der Waals surface area (Å²) in [4.78, 5) is 0. The molecule has 0 saturated carbocycles. The van der Waals surface area contributed by atoms with Crippen LogP contribution in [-0.2, 0) is 11.8 Å². The van der Waals surface area contributed by atoms with E-state index in [1.807, 2.05) is 48.5 Å². The molecule has 3 heteroatoms. The van der Waals surface area contributed by atoms with Gasteiger partial charge in [0.2, 0.25) is 0 Å². The van der Waals surface area contributed by atoms with Crippen LogP contribution in [0.15, 0.2) is 53.0 Å². The summed E-state index contributed by atoms with van der Waals surface area (Å²) in [6.45, 7) is 0. The van der Waals surface area contributed by atoms with Crippen LogP contribution in [0.25, 0.3) is 0 Å². The van der Waals surface area contributed by atoms with Crippen molar-refractivity contribution in [2.24, 2.45) is 0 Å². The first-order chi connectivity index (χ1) is 9.67. The molecule has 0 aromatic heterocycles. The van der Waals surface area contributed by atoms with Crippen molar-refractivity contribution in [2.75, 3.05) is 0 Å². The SMILES string of the molecule is N#CC1(C(O)c2cccc(Br)c2)CCc2ccccc21. The van der Waals surface area contributed by atoms with Crippen LogP contribution in [0, 0.1) is 11.3 Å². The third kappa shape index (κ3) is 1.96. The summed E-state index contributed by atoms with van der Waals surface area (Å²) >= 11 is 3.42. The molecule has 2 atom stereocenters. The number of nitriles is 1. The average molecular weight is 328 g/mol. The molecule has 0 spiro atoms. The van der Waals surface area contributed by atoms with Gasteiger partial charge < -0.3 is 5.11 Å². The quantitative estimate of drug-likeness (QED) is 0.909. The van der Waals surface area contributed by atoms with Gasteiger partial charge in [-0.1, -0.05) is 52.3 Å². The van der Waals surface area contributed by atoms with E-state index in [-0.39, 0.29) is 0 Å². The largest absolute Gasteiger partial charge is 0.386 e. The third-order valence-electron chi connectivity index (χ3n) is 4.12. The number of aliphatic hydroxyl groups is 1. The zero-order valence-corrected chi connectivity index (χ0v) is 12.5. The Kier molecular flexibility index (Phi) is 3.37. The molecule has 20 heavy (non-hydrogen) atoms. The summed E-state index contributed by atoms with van der Waals surface area (Å²) in [5.74, 6) is 0. The highest BCUT2D eigenvalue weighted by Gasteiger charge is 2.45. The van der Waals surface area contributed by atoms with E-state index < -0.39 is 11.5 Å². The average Bonchev–Trinajstić information content (AvgIpc) is 2.86. The molecule has 0 saturated heterocycles. The predicted molar refractivity (Wildman–Crippen MR) is 81.2 cm³/mol. The summed E-state index contributed by atoms with van der Waals surface area (Å²) in [6, 6.07) is 17.9. The van der Waals surface area contributed by atoms with Gasteiger partial charge in [0, 0.05) is 4.47 Å². The highest BCUT2D eigenvalue weighted by Crippen LogP contribution is 2.47. The number of halogens is 1. The molecule has 2 unspecified atom stereocenters. The Bertz CT molecular complexity index is 691. The second-order valence-corrected chi connectivity index (χ2v) is 6.11. The van der Waals surface area contributed by atoms with Crippen LogP contribution in [-0.4, -0.2) is 5.11 Å². The molecule has 2 aromatic rings. The summed E-state index contributed by atoms with van der Waals surface area (Å²) in [6.07, 6.45) is 0.694. The Morgan fingerprint density at radius 3 is 2.75 bits per heavy atom. The molecule has 1 N–H and O–H groups in total. The maximum Gasteiger partial charge on any atom is 0.113 e. The summed E-state index contributed by atoms with van der Waals surface area (Å²) in [5, 5.41) is 20.5. The van der Waals surface area contributed by atoms with E-state index in [0.717, 1.165) is 22.0 Å². The number of aryl methyl sites for hydroxylation is 1. The molecule has 0 amide bonds. The van der Waals surface area contributed by atoms with E-state index in [1.54, 1.807) is 0 Å². The molecular weight excluding hydrogens is 314 g/mol. The lowest BCUT2D eigenvalue weighted by molar-refractivity contribution is 0.111. The van der Waals surface area contributed by atoms with Gasteiger partial charge >= 0.3 is 0 Å². The monoisotopic (exact) mass is 327 g/mol. The standard InChI is InChI=1S/C17H14BrNO/c18-14-6-3-5-13(10-14)16(20)17(11-19)9-8-12-4-1-2-7-15(12)17/h1-7,10,16,20H,8-9H2. The molecule has 2 nitrogen and oxygen atoms in total. The number of nitrogens with zero attached hydrogens (tertiary/aromatic N) is 1. The van der Waals surface area contributed by atoms with Crippen molar-refractivity contribution in [3.63, 3.8) is 0 Å². The normalized spacial score (nSPS) is 22.1. The first-order valence-electron chi connectivity index (χ1n) is 6.60. The highest BCUT2D eigenvalue weighted by atomic mass is 79.9. The number of rotatable bonds is 2. The molecule has 0 aliphatic heterocycles. The van der Waals surface area contributed by atoms with E-state index in [9.17, 15) is 10.4 Å². The number of benzene rings is 2. The summed E-state index contributed by atoms with van der Waals surface area (Å²) in [5.41, 5.74) is 2.08. The van der Waals surface area contributed by atoms with Gasteiger partial charge in [-0.2, -0.15) is 5.26 Å². The lowest BCUT2D eigenvalue weighted by Gasteiger charge is -2.28. The van der Waals surface area contributed by atoms with Crippen LogP contribution >= 0.6 is 15.9 Å². The Morgan fingerprint density at radius 2 is 2.00 bits per heavy atom. The molecule has 100 valence electrons. The Balaban J connectivity index is 2.10. The molecule has 3 rings (SSSR count). The van der Waals surface area contributed by atoms with Gasteiger partial charge in [0.05, 0.1) is 6.07 Å². The zero-order chi connectivity index (χ0) is 14.2. The second-order valence-electron chi connectivity index (χ2n) is 5.20. The molecule has 1 aliphatic carbocycles. The van der Waals surface area contributed by atoms with Crippen molar-refractivity contribution >= 4 is 15.9 Å².